The van der Waals surface area contributed by atoms with E-state index in [0.29, 0.717) is 11.8 Å². The van der Waals surface area contributed by atoms with E-state index in [1.54, 1.807) is 0 Å². The van der Waals surface area contributed by atoms with E-state index in [1.807, 2.05) is 0 Å². The summed E-state index contributed by atoms with van der Waals surface area (Å²) in [5, 5.41) is 0. The Kier molecular flexibility index (Phi) is 16.1. The van der Waals surface area contributed by atoms with Gasteiger partial charge in [0, 0.05) is 29.9 Å². The zero-order valence-corrected chi connectivity index (χ0v) is 38.8. The summed E-state index contributed by atoms with van der Waals surface area (Å²) >= 11 is 0. The molecule has 0 bridgehead atoms. The predicted octanol–water partition coefficient (Wildman–Crippen LogP) is 10.2. The number of nitrogens with zero attached hydrogens (tertiary/aromatic N) is 1. The molecule has 0 saturated carbocycles. The normalized spacial score (nSPS) is 16.5. The first kappa shape index (κ1) is 44.4. The molecule has 4 radical (unpaired) electrons. The van der Waals surface area contributed by atoms with Gasteiger partial charge in [0.15, 0.2) is 0 Å². The van der Waals surface area contributed by atoms with Crippen LogP contribution in [0.15, 0.2) is 127 Å². The molecule has 5 aromatic carbocycles. The molecule has 3 heterocycles. The number of para-hydroxylation sites is 1. The molecule has 0 spiro atoms. The maximum atomic E-state index is 4.94. The first-order valence-electron chi connectivity index (χ1n) is 20.8. The van der Waals surface area contributed by atoms with E-state index in [4.69, 9.17) is 4.74 Å². The van der Waals surface area contributed by atoms with Crippen molar-refractivity contribution in [3.8, 4) is 11.1 Å². The molecule has 2 saturated heterocycles. The van der Waals surface area contributed by atoms with E-state index in [1.165, 1.54) is 93.2 Å². The molecule has 2 fully saturated rings. The number of hydrogen-bond donors (Lipinski definition) is 0. The van der Waals surface area contributed by atoms with Crippen LogP contribution >= 0.6 is 0 Å². The van der Waals surface area contributed by atoms with Gasteiger partial charge < -0.3 is 9.64 Å². The second-order valence-corrected chi connectivity index (χ2v) is 16.6. The Hall–Kier alpha value is -2.70. The van der Waals surface area contributed by atoms with Gasteiger partial charge in [-0.3, -0.25) is 18.2 Å². The van der Waals surface area contributed by atoms with Crippen molar-refractivity contribution in [2.75, 3.05) is 18.1 Å². The quantitative estimate of drug-likeness (QED) is 0.153. The summed E-state index contributed by atoms with van der Waals surface area (Å²) in [7, 11) is 2.34. The molecule has 2 nitrogen and oxygen atoms in total. The second-order valence-electron chi connectivity index (χ2n) is 16.6. The number of rotatable bonds is 7. The van der Waals surface area contributed by atoms with Gasteiger partial charge in [-0.05, 0) is 85.6 Å². The molecule has 0 atom stereocenters. The smallest absolute Gasteiger partial charge is 0.381 e. The maximum absolute atomic E-state index is 4.94. The van der Waals surface area contributed by atoms with Crippen molar-refractivity contribution in [2.45, 2.75) is 105 Å². The van der Waals surface area contributed by atoms with Gasteiger partial charge in [-0.2, -0.15) is 0 Å². The number of hydrogen-bond acceptors (Lipinski definition) is 2. The molecule has 0 unspecified atom stereocenters. The third-order valence-corrected chi connectivity index (χ3v) is 11.6. The minimum Gasteiger partial charge on any atom is -0.381 e. The van der Waals surface area contributed by atoms with Crippen molar-refractivity contribution in [2.24, 2.45) is 5.41 Å². The van der Waals surface area contributed by atoms with Crippen LogP contribution in [0.4, 0.5) is 5.69 Å². The van der Waals surface area contributed by atoms with Crippen LogP contribution in [0.25, 0.3) is 22.2 Å². The summed E-state index contributed by atoms with van der Waals surface area (Å²) in [5.41, 5.74) is 14.8. The van der Waals surface area contributed by atoms with Crippen LogP contribution in [-0.2, 0) is 4.74 Å². The molecule has 3 aliphatic rings. The standard InChI is InChI=1S/C26H18B.C22H35N.C4H8O.K/c1-3-11-19(12-4-1)25-23-17-8-7-15-21(23)22-16-9-10-18-24(22)27-26(25)20-13-5-2-6-14-20;1-9-22(10-2)14-21(7,8)23(15-22)20-18(16(3)4)12-11-13-19(20)17(5)6;1-2-4-5-3-1;/h1-18H;11-13,16-17H,9-10,14H2,1-8H3;1-4H2;/q-1;;;+1. The summed E-state index contributed by atoms with van der Waals surface area (Å²) in [6, 6.07) is 45.7. The average molecular weight is 766 g/mol. The topological polar surface area (TPSA) is 12.5 Å². The molecule has 56 heavy (non-hydrogen) atoms. The first-order valence-corrected chi connectivity index (χ1v) is 20.8. The molecule has 8 rings (SSSR count). The van der Waals surface area contributed by atoms with Gasteiger partial charge in [0.1, 0.15) is 0 Å². The fourth-order valence-corrected chi connectivity index (χ4v) is 8.57. The largest absolute Gasteiger partial charge is 1.00 e. The summed E-state index contributed by atoms with van der Waals surface area (Å²) in [6.45, 7) is 24.5. The van der Waals surface area contributed by atoms with E-state index in [0.717, 1.165) is 13.2 Å². The minimum absolute atomic E-state index is 0. The van der Waals surface area contributed by atoms with Gasteiger partial charge in [0.25, 0.3) is 0 Å². The van der Waals surface area contributed by atoms with Crippen LogP contribution in [0.3, 0.4) is 0 Å². The molecule has 3 aliphatic heterocycles. The fraction of sp³-hybridized carbons (Fsp3) is 0.365. The van der Waals surface area contributed by atoms with Crippen molar-refractivity contribution in [1.29, 1.82) is 0 Å². The maximum Gasteiger partial charge on any atom is 1.00 e. The first-order chi connectivity index (χ1) is 26.6. The SMILES string of the molecule is C1CCOC1.CCC1(CC)[C]N(c2c(C(C)C)cccc2C(C)C)C(C)(C)C1.[B-]1C(c2ccccc2)=C(c2ccccc2)c2ccccc2-c2ccccc21.[K+]. The Morgan fingerprint density at radius 2 is 1.12 bits per heavy atom. The van der Waals surface area contributed by atoms with Crippen LogP contribution in [0.2, 0.25) is 0 Å². The number of ether oxygens (including phenoxy) is 1. The molecular formula is C52H61BKNO. The summed E-state index contributed by atoms with van der Waals surface area (Å²) in [4.78, 5) is 2.50. The monoisotopic (exact) mass is 765 g/mol. The van der Waals surface area contributed by atoms with Gasteiger partial charge in [0.05, 0.1) is 6.54 Å². The molecule has 0 amide bonds. The van der Waals surface area contributed by atoms with Crippen molar-refractivity contribution in [1.82, 2.24) is 0 Å². The third-order valence-electron chi connectivity index (χ3n) is 11.6. The van der Waals surface area contributed by atoms with Crippen LogP contribution < -0.4 is 61.7 Å². The van der Waals surface area contributed by atoms with Crippen LogP contribution in [0, 0.1) is 12.0 Å². The average Bonchev–Trinajstić information content (AvgIpc) is 3.86. The summed E-state index contributed by atoms with van der Waals surface area (Å²) in [5.74, 6) is 1.05. The zero-order valence-electron chi connectivity index (χ0n) is 35.7. The second kappa shape index (κ2) is 20.3. The third kappa shape index (κ3) is 10.1. The van der Waals surface area contributed by atoms with Crippen molar-refractivity contribution >= 4 is 29.5 Å². The van der Waals surface area contributed by atoms with Gasteiger partial charge in [-0.1, -0.05) is 180 Å². The van der Waals surface area contributed by atoms with Crippen molar-refractivity contribution in [3.63, 3.8) is 0 Å². The predicted molar refractivity (Wildman–Crippen MR) is 238 cm³/mol. The fourth-order valence-electron chi connectivity index (χ4n) is 8.57. The molecule has 4 heteroatoms. The molecule has 0 aromatic heterocycles. The number of benzene rings is 5. The van der Waals surface area contributed by atoms with Crippen LogP contribution in [0.5, 0.6) is 0 Å². The Morgan fingerprint density at radius 3 is 1.62 bits per heavy atom. The Morgan fingerprint density at radius 1 is 0.625 bits per heavy atom. The van der Waals surface area contributed by atoms with E-state index >= 15 is 0 Å². The van der Waals surface area contributed by atoms with Crippen LogP contribution in [0.1, 0.15) is 127 Å². The van der Waals surface area contributed by atoms with Gasteiger partial charge >= 0.3 is 51.4 Å². The molecular weight excluding hydrogens is 704 g/mol. The van der Waals surface area contributed by atoms with Gasteiger partial charge in [0.2, 0.25) is 0 Å². The molecule has 5 aromatic rings. The minimum atomic E-state index is 0. The Balaban J connectivity index is 0.000000189. The summed E-state index contributed by atoms with van der Waals surface area (Å²) < 4.78 is 4.94. The zero-order chi connectivity index (χ0) is 39.0. The van der Waals surface area contributed by atoms with Gasteiger partial charge in [-0.25, -0.2) is 0 Å². The molecule has 0 N–H and O–H groups in total. The number of fused-ring (bicyclic) bond motifs is 3. The Bertz CT molecular complexity index is 1990. The summed E-state index contributed by atoms with van der Waals surface area (Å²) in [6.07, 6.45) is 6.09. The van der Waals surface area contributed by atoms with E-state index in [2.05, 4.69) is 202 Å². The van der Waals surface area contributed by atoms with E-state index < -0.39 is 0 Å². The van der Waals surface area contributed by atoms with Crippen molar-refractivity contribution in [3.05, 3.63) is 162 Å². The number of anilines is 1. The van der Waals surface area contributed by atoms with E-state index in [9.17, 15) is 0 Å². The van der Waals surface area contributed by atoms with Crippen molar-refractivity contribution < 1.29 is 56.1 Å². The van der Waals surface area contributed by atoms with E-state index in [-0.39, 0.29) is 62.3 Å². The van der Waals surface area contributed by atoms with Gasteiger partial charge in [-0.15, -0.1) is 6.07 Å². The van der Waals surface area contributed by atoms with Crippen LogP contribution in [-0.4, -0.2) is 26.0 Å². The molecule has 0 aliphatic carbocycles. The molecule has 284 valence electrons. The Labute approximate surface area is 383 Å².